The lowest BCUT2D eigenvalue weighted by atomic mass is 10.2. The smallest absolute Gasteiger partial charge is 0.435 e. The van der Waals surface area contributed by atoms with Crippen molar-refractivity contribution < 1.29 is 36.3 Å². The quantitative estimate of drug-likeness (QED) is 0.446. The van der Waals surface area contributed by atoms with Gasteiger partial charge in [0.05, 0.1) is 19.3 Å². The molecule has 0 radical (unpaired) electrons. The molecule has 0 atom stereocenters. The minimum atomic E-state index is -5.00. The van der Waals surface area contributed by atoms with E-state index in [0.29, 0.717) is 4.68 Å². The number of carbonyl (C=O) groups excluding carboxylic acids is 2. The van der Waals surface area contributed by atoms with Gasteiger partial charge in [0.2, 0.25) is 0 Å². The molecular weight excluding hydrogens is 424 g/mol. The molecule has 164 valence electrons. The zero-order valence-electron chi connectivity index (χ0n) is 16.5. The van der Waals surface area contributed by atoms with Crippen LogP contribution in [0.4, 0.5) is 17.6 Å². The third-order valence-corrected chi connectivity index (χ3v) is 4.31. The molecule has 3 rings (SSSR count). The average molecular weight is 440 g/mol. The van der Waals surface area contributed by atoms with E-state index in [-0.39, 0.29) is 29.3 Å². The lowest BCUT2D eigenvalue weighted by Crippen LogP contribution is -2.29. The second-order valence-electron chi connectivity index (χ2n) is 6.51. The number of nitrogens with zero attached hydrogens (tertiary/aromatic N) is 4. The summed E-state index contributed by atoms with van der Waals surface area (Å²) in [4.78, 5) is 25.3. The molecule has 0 fully saturated rings. The first-order valence-corrected chi connectivity index (χ1v) is 8.74. The number of carbonyl (C=O) groups is 2. The number of hydrogen-bond acceptors (Lipinski definition) is 6. The van der Waals surface area contributed by atoms with E-state index in [1.54, 1.807) is 0 Å². The Bertz CT molecular complexity index is 1140. The lowest BCUT2D eigenvalue weighted by Gasteiger charge is -2.16. The largest absolute Gasteiger partial charge is 0.465 e. The van der Waals surface area contributed by atoms with Crippen LogP contribution in [-0.4, -0.2) is 45.9 Å². The highest BCUT2D eigenvalue weighted by Gasteiger charge is 2.42. The van der Waals surface area contributed by atoms with Gasteiger partial charge in [-0.2, -0.15) is 13.2 Å². The molecule has 31 heavy (non-hydrogen) atoms. The molecule has 2 heterocycles. The van der Waals surface area contributed by atoms with E-state index in [1.807, 2.05) is 0 Å². The van der Waals surface area contributed by atoms with Gasteiger partial charge in [-0.3, -0.25) is 4.79 Å². The number of halogens is 4. The molecule has 0 spiro atoms. The second kappa shape index (κ2) is 8.20. The van der Waals surface area contributed by atoms with Crippen molar-refractivity contribution in [2.45, 2.75) is 19.6 Å². The summed E-state index contributed by atoms with van der Waals surface area (Å²) in [5.41, 5.74) is -2.52. The van der Waals surface area contributed by atoms with Crippen molar-refractivity contribution in [2.24, 2.45) is 0 Å². The Morgan fingerprint density at radius 1 is 1.26 bits per heavy atom. The van der Waals surface area contributed by atoms with Gasteiger partial charge in [0, 0.05) is 7.05 Å². The van der Waals surface area contributed by atoms with E-state index < -0.39 is 35.3 Å². The molecule has 0 aliphatic heterocycles. The highest BCUT2D eigenvalue weighted by molar-refractivity contribution is 5.93. The first-order valence-electron chi connectivity index (χ1n) is 8.74. The van der Waals surface area contributed by atoms with Crippen LogP contribution in [-0.2, 0) is 17.5 Å². The first-order chi connectivity index (χ1) is 14.5. The number of alkyl halides is 3. The van der Waals surface area contributed by atoms with E-state index in [2.05, 4.69) is 15.0 Å². The fourth-order valence-electron chi connectivity index (χ4n) is 2.89. The Morgan fingerprint density at radius 2 is 1.97 bits per heavy atom. The minimum absolute atomic E-state index is 0.131. The molecule has 1 amide bonds. The van der Waals surface area contributed by atoms with Gasteiger partial charge in [0.25, 0.3) is 5.91 Å². The van der Waals surface area contributed by atoms with Gasteiger partial charge < -0.3 is 14.1 Å². The molecule has 0 unspecified atom stereocenters. The zero-order valence-corrected chi connectivity index (χ0v) is 16.5. The van der Waals surface area contributed by atoms with Gasteiger partial charge in [-0.25, -0.2) is 13.9 Å². The molecule has 3 aromatic rings. The van der Waals surface area contributed by atoms with E-state index in [4.69, 9.17) is 4.42 Å². The monoisotopic (exact) mass is 440 g/mol. The first kappa shape index (κ1) is 22.0. The summed E-state index contributed by atoms with van der Waals surface area (Å²) >= 11 is 0. The van der Waals surface area contributed by atoms with Crippen LogP contribution in [0.25, 0.3) is 5.69 Å². The van der Waals surface area contributed by atoms with E-state index in [9.17, 15) is 27.2 Å². The van der Waals surface area contributed by atoms with Gasteiger partial charge in [-0.15, -0.1) is 5.10 Å². The summed E-state index contributed by atoms with van der Waals surface area (Å²) in [5.74, 6) is -2.14. The number of rotatable bonds is 5. The lowest BCUT2D eigenvalue weighted by molar-refractivity contribution is -0.143. The fourth-order valence-corrected chi connectivity index (χ4v) is 2.89. The number of aryl methyl sites for hydroxylation is 1. The Kier molecular flexibility index (Phi) is 5.82. The van der Waals surface area contributed by atoms with Crippen LogP contribution in [0.3, 0.4) is 0 Å². The highest BCUT2D eigenvalue weighted by atomic mass is 19.4. The Balaban J connectivity index is 1.93. The summed E-state index contributed by atoms with van der Waals surface area (Å²) < 4.78 is 65.0. The molecule has 0 saturated heterocycles. The maximum Gasteiger partial charge on any atom is 0.435 e. The normalized spacial score (nSPS) is 11.5. The van der Waals surface area contributed by atoms with Crippen molar-refractivity contribution in [1.29, 1.82) is 0 Å². The number of aromatic nitrogens is 3. The number of furan rings is 1. The van der Waals surface area contributed by atoms with Crippen LogP contribution in [0.2, 0.25) is 0 Å². The van der Waals surface area contributed by atoms with Crippen molar-refractivity contribution >= 4 is 11.9 Å². The van der Waals surface area contributed by atoms with Gasteiger partial charge in [0.15, 0.2) is 11.4 Å². The Labute approximate surface area is 173 Å². The Hall–Kier alpha value is -3.70. The molecule has 12 heteroatoms. The number of benzene rings is 1. The summed E-state index contributed by atoms with van der Waals surface area (Å²) in [6, 6.07) is 5.63. The summed E-state index contributed by atoms with van der Waals surface area (Å²) in [7, 11) is 2.42. The third kappa shape index (κ3) is 4.42. The van der Waals surface area contributed by atoms with E-state index >= 15 is 0 Å². The van der Waals surface area contributed by atoms with Crippen molar-refractivity contribution in [3.05, 3.63) is 64.6 Å². The SMILES string of the molecule is COC(=O)c1cc(CN(C)C(=O)c2nnn(-c3cccc(F)c3)c2C(F)(F)F)oc1C. The van der Waals surface area contributed by atoms with E-state index in [0.717, 1.165) is 17.0 Å². The summed E-state index contributed by atoms with van der Waals surface area (Å²) in [6.07, 6.45) is -5.00. The van der Waals surface area contributed by atoms with Gasteiger partial charge in [0.1, 0.15) is 22.9 Å². The molecule has 2 aromatic heterocycles. The molecule has 0 saturated carbocycles. The van der Waals surface area contributed by atoms with Crippen LogP contribution < -0.4 is 0 Å². The fraction of sp³-hybridized carbons (Fsp3) is 0.263. The molecule has 0 bridgehead atoms. The van der Waals surface area contributed by atoms with Crippen LogP contribution in [0, 0.1) is 12.7 Å². The van der Waals surface area contributed by atoms with Crippen molar-refractivity contribution in [3.8, 4) is 5.69 Å². The van der Waals surface area contributed by atoms with Crippen LogP contribution in [0.1, 0.15) is 38.1 Å². The number of amides is 1. The van der Waals surface area contributed by atoms with Crippen LogP contribution in [0.15, 0.2) is 34.7 Å². The molecule has 8 nitrogen and oxygen atoms in total. The third-order valence-electron chi connectivity index (χ3n) is 4.31. The maximum atomic E-state index is 13.7. The predicted molar refractivity (Wildman–Crippen MR) is 96.9 cm³/mol. The standard InChI is InChI=1S/C19H16F4N4O4/c1-10-14(18(29)30-3)8-13(31-10)9-26(2)17(28)15-16(19(21,22)23)27(25-24-15)12-6-4-5-11(20)7-12/h4-8H,9H2,1-3H3. The summed E-state index contributed by atoms with van der Waals surface area (Å²) in [6.45, 7) is 1.25. The Morgan fingerprint density at radius 3 is 2.58 bits per heavy atom. The van der Waals surface area contributed by atoms with Gasteiger partial charge in [-0.05, 0) is 31.2 Å². The number of esters is 1. The number of hydrogen-bond donors (Lipinski definition) is 0. The predicted octanol–water partition coefficient (Wildman–Crippen LogP) is 3.39. The van der Waals surface area contributed by atoms with E-state index in [1.165, 1.54) is 39.3 Å². The highest BCUT2D eigenvalue weighted by Crippen LogP contribution is 2.33. The molecular formula is C19H16F4N4O4. The average Bonchev–Trinajstić information content (AvgIpc) is 3.30. The van der Waals surface area contributed by atoms with Crippen molar-refractivity contribution in [1.82, 2.24) is 19.9 Å². The van der Waals surface area contributed by atoms with Gasteiger partial charge in [-0.1, -0.05) is 11.3 Å². The van der Waals surface area contributed by atoms with Crippen LogP contribution in [0.5, 0.6) is 0 Å². The summed E-state index contributed by atoms with van der Waals surface area (Å²) in [5, 5.41) is 6.79. The van der Waals surface area contributed by atoms with Crippen LogP contribution >= 0.6 is 0 Å². The zero-order chi connectivity index (χ0) is 22.9. The maximum absolute atomic E-state index is 13.7. The molecule has 1 aromatic carbocycles. The van der Waals surface area contributed by atoms with Crippen molar-refractivity contribution in [3.63, 3.8) is 0 Å². The van der Waals surface area contributed by atoms with Gasteiger partial charge >= 0.3 is 12.1 Å². The topological polar surface area (TPSA) is 90.5 Å². The molecule has 0 aliphatic carbocycles. The van der Waals surface area contributed by atoms with Crippen molar-refractivity contribution in [2.75, 3.05) is 14.2 Å². The minimum Gasteiger partial charge on any atom is -0.465 e. The second-order valence-corrected chi connectivity index (χ2v) is 6.51. The molecule has 0 N–H and O–H groups in total. The number of methoxy groups -OCH3 is 1. The molecule has 0 aliphatic rings. The number of ether oxygens (including phenoxy) is 1.